The molecule has 0 aliphatic heterocycles. The zero-order valence-electron chi connectivity index (χ0n) is 11.0. The molecule has 0 aliphatic carbocycles. The number of esters is 1. The van der Waals surface area contributed by atoms with Crippen LogP contribution in [0, 0.1) is 0 Å². The van der Waals surface area contributed by atoms with Gasteiger partial charge in [0, 0.05) is 0 Å². The Kier molecular flexibility index (Phi) is 3.97. The van der Waals surface area contributed by atoms with Crippen LogP contribution >= 0.6 is 0 Å². The molecule has 0 heterocycles. The first kappa shape index (κ1) is 13.3. The fourth-order valence-electron chi connectivity index (χ4n) is 2.41. The third kappa shape index (κ3) is 2.25. The van der Waals surface area contributed by atoms with Crippen molar-refractivity contribution in [2.75, 3.05) is 13.7 Å². The van der Waals surface area contributed by atoms with Gasteiger partial charge in [0.1, 0.15) is 0 Å². The van der Waals surface area contributed by atoms with Crippen LogP contribution < -0.4 is 5.73 Å². The number of hydrogen-bond donors (Lipinski definition) is 1. The summed E-state index contributed by atoms with van der Waals surface area (Å²) in [6.45, 7) is 0.410. The topological polar surface area (TPSA) is 53.9 Å². The van der Waals surface area contributed by atoms with Crippen LogP contribution in [0.4, 0.5) is 0 Å². The second kappa shape index (κ2) is 5.67. The molecule has 0 aliphatic rings. The Balaban J connectivity index is 2.66. The largest absolute Gasteiger partial charge is 0.468 e. The van der Waals surface area contributed by atoms with Gasteiger partial charge in [-0.1, -0.05) is 60.7 Å². The summed E-state index contributed by atoms with van der Waals surface area (Å²) in [7, 11) is 1.42. The number of carbonyl (C=O) groups excluding carboxylic acids is 1. The molecule has 2 aromatic rings. The minimum atomic E-state index is -0.836. The zero-order valence-corrected chi connectivity index (χ0v) is 11.0. The van der Waals surface area contributed by atoms with Crippen LogP contribution in [0.1, 0.15) is 11.1 Å². The van der Waals surface area contributed by atoms with E-state index in [9.17, 15) is 4.79 Å². The quantitative estimate of drug-likeness (QED) is 0.840. The van der Waals surface area contributed by atoms with E-state index in [0.29, 0.717) is 6.54 Å². The molecule has 98 valence electrons. The molecule has 0 fully saturated rings. The van der Waals surface area contributed by atoms with Crippen molar-refractivity contribution in [2.24, 2.45) is 0 Å². The Morgan fingerprint density at radius 3 is 1.74 bits per heavy atom. The minimum Gasteiger partial charge on any atom is -0.468 e. The van der Waals surface area contributed by atoms with Crippen molar-refractivity contribution in [1.29, 1.82) is 0 Å². The van der Waals surface area contributed by atoms with Gasteiger partial charge in [-0.2, -0.15) is 0 Å². The van der Waals surface area contributed by atoms with Crippen molar-refractivity contribution in [1.82, 2.24) is 0 Å². The van der Waals surface area contributed by atoms with Gasteiger partial charge in [0.2, 0.25) is 0 Å². The van der Waals surface area contributed by atoms with Crippen molar-refractivity contribution in [2.45, 2.75) is 5.41 Å². The highest BCUT2D eigenvalue weighted by Crippen LogP contribution is 2.32. The Bertz CT molecular complexity index is 498. The zero-order chi connectivity index (χ0) is 13.7. The SMILES string of the molecule is COC(=O)C(C[NH3+])(c1ccccc1)c1ccccc1. The third-order valence-electron chi connectivity index (χ3n) is 3.44. The van der Waals surface area contributed by atoms with E-state index in [1.54, 1.807) is 0 Å². The molecule has 0 unspecified atom stereocenters. The monoisotopic (exact) mass is 256 g/mol. The Morgan fingerprint density at radius 1 is 1.00 bits per heavy atom. The molecule has 2 rings (SSSR count). The molecule has 0 radical (unpaired) electrons. The summed E-state index contributed by atoms with van der Waals surface area (Å²) in [5, 5.41) is 0. The van der Waals surface area contributed by atoms with E-state index < -0.39 is 5.41 Å². The van der Waals surface area contributed by atoms with Gasteiger partial charge >= 0.3 is 5.97 Å². The number of quaternary nitrogens is 1. The summed E-state index contributed by atoms with van der Waals surface area (Å²) >= 11 is 0. The van der Waals surface area contributed by atoms with Crippen LogP contribution in [-0.4, -0.2) is 19.6 Å². The normalized spacial score (nSPS) is 11.1. The maximum Gasteiger partial charge on any atom is 0.326 e. The van der Waals surface area contributed by atoms with Crippen molar-refractivity contribution in [3.05, 3.63) is 71.8 Å². The lowest BCUT2D eigenvalue weighted by Gasteiger charge is -2.28. The van der Waals surface area contributed by atoms with Gasteiger partial charge in [-0.25, -0.2) is 0 Å². The first-order valence-electron chi connectivity index (χ1n) is 6.24. The Labute approximate surface area is 113 Å². The number of rotatable bonds is 4. The van der Waals surface area contributed by atoms with Crippen LogP contribution in [0.25, 0.3) is 0 Å². The van der Waals surface area contributed by atoms with Crippen LogP contribution in [0.5, 0.6) is 0 Å². The number of methoxy groups -OCH3 is 1. The lowest BCUT2D eigenvalue weighted by atomic mass is 9.74. The van der Waals surface area contributed by atoms with E-state index in [1.165, 1.54) is 7.11 Å². The molecule has 0 bridgehead atoms. The van der Waals surface area contributed by atoms with Gasteiger partial charge in [0.05, 0.1) is 13.7 Å². The third-order valence-corrected chi connectivity index (χ3v) is 3.44. The van der Waals surface area contributed by atoms with Gasteiger partial charge in [0.15, 0.2) is 5.41 Å². The lowest BCUT2D eigenvalue weighted by Crippen LogP contribution is -2.63. The van der Waals surface area contributed by atoms with Crippen molar-refractivity contribution >= 4 is 5.97 Å². The molecule has 19 heavy (non-hydrogen) atoms. The van der Waals surface area contributed by atoms with E-state index in [2.05, 4.69) is 5.73 Å². The van der Waals surface area contributed by atoms with Gasteiger partial charge < -0.3 is 10.5 Å². The summed E-state index contributed by atoms with van der Waals surface area (Å²) in [6, 6.07) is 19.3. The highest BCUT2D eigenvalue weighted by Gasteiger charge is 2.44. The predicted molar refractivity (Wildman–Crippen MR) is 73.4 cm³/mol. The molecule has 0 aromatic heterocycles. The number of carbonyl (C=O) groups is 1. The van der Waals surface area contributed by atoms with E-state index >= 15 is 0 Å². The van der Waals surface area contributed by atoms with E-state index in [4.69, 9.17) is 4.74 Å². The van der Waals surface area contributed by atoms with Crippen molar-refractivity contribution in [3.63, 3.8) is 0 Å². The summed E-state index contributed by atoms with van der Waals surface area (Å²) < 4.78 is 5.04. The molecule has 2 aromatic carbocycles. The highest BCUT2D eigenvalue weighted by atomic mass is 16.5. The second-order valence-corrected chi connectivity index (χ2v) is 4.38. The highest BCUT2D eigenvalue weighted by molar-refractivity contribution is 5.87. The van der Waals surface area contributed by atoms with Gasteiger partial charge in [-0.15, -0.1) is 0 Å². The van der Waals surface area contributed by atoms with Gasteiger partial charge in [-0.3, -0.25) is 4.79 Å². The van der Waals surface area contributed by atoms with Crippen molar-refractivity contribution < 1.29 is 15.3 Å². The van der Waals surface area contributed by atoms with Crippen LogP contribution in [-0.2, 0) is 14.9 Å². The predicted octanol–water partition coefficient (Wildman–Crippen LogP) is 1.39. The average Bonchev–Trinajstić information content (AvgIpc) is 2.50. The van der Waals surface area contributed by atoms with Crippen molar-refractivity contribution in [3.8, 4) is 0 Å². The Hall–Kier alpha value is -2.13. The number of benzene rings is 2. The van der Waals surface area contributed by atoms with E-state index in [1.807, 2.05) is 60.7 Å². The molecule has 0 atom stereocenters. The fraction of sp³-hybridized carbons (Fsp3) is 0.188. The van der Waals surface area contributed by atoms with Crippen LogP contribution in [0.15, 0.2) is 60.7 Å². The first-order chi connectivity index (χ1) is 9.25. The van der Waals surface area contributed by atoms with E-state index in [-0.39, 0.29) is 5.97 Å². The van der Waals surface area contributed by atoms with E-state index in [0.717, 1.165) is 11.1 Å². The Morgan fingerprint density at radius 2 is 1.42 bits per heavy atom. The van der Waals surface area contributed by atoms with Gasteiger partial charge in [0.25, 0.3) is 0 Å². The maximum atomic E-state index is 12.4. The van der Waals surface area contributed by atoms with Crippen LogP contribution in [0.3, 0.4) is 0 Å². The standard InChI is InChI=1S/C16H17NO2/c1-19-15(18)16(12-17,13-8-4-2-5-9-13)14-10-6-3-7-11-14/h2-11H,12,17H2,1H3/p+1. The van der Waals surface area contributed by atoms with Gasteiger partial charge in [-0.05, 0) is 11.1 Å². The summed E-state index contributed by atoms with van der Waals surface area (Å²) in [5.74, 6) is -0.278. The summed E-state index contributed by atoms with van der Waals surface area (Å²) in [5.41, 5.74) is 4.95. The van der Waals surface area contributed by atoms with Crippen LogP contribution in [0.2, 0.25) is 0 Å². The summed E-state index contributed by atoms with van der Waals surface area (Å²) in [6.07, 6.45) is 0. The molecule has 3 N–H and O–H groups in total. The summed E-state index contributed by atoms with van der Waals surface area (Å²) in [4.78, 5) is 12.4. The number of hydrogen-bond acceptors (Lipinski definition) is 2. The second-order valence-electron chi connectivity index (χ2n) is 4.38. The maximum absolute atomic E-state index is 12.4. The lowest BCUT2D eigenvalue weighted by molar-refractivity contribution is -0.377. The average molecular weight is 256 g/mol. The molecule has 3 nitrogen and oxygen atoms in total. The smallest absolute Gasteiger partial charge is 0.326 e. The molecule has 0 amide bonds. The molecular formula is C16H18NO2+. The molecule has 0 spiro atoms. The molecule has 0 saturated heterocycles. The molecule has 0 saturated carbocycles. The fourth-order valence-corrected chi connectivity index (χ4v) is 2.41. The molecular weight excluding hydrogens is 238 g/mol. The molecule has 3 heteroatoms. The number of ether oxygens (including phenoxy) is 1. The minimum absolute atomic E-state index is 0.278. The first-order valence-corrected chi connectivity index (χ1v) is 6.24.